The van der Waals surface area contributed by atoms with E-state index in [-0.39, 0.29) is 12.4 Å². The van der Waals surface area contributed by atoms with Gasteiger partial charge in [0.2, 0.25) is 0 Å². The molecule has 0 amide bonds. The smallest absolute Gasteiger partial charge is 0.130 e. The van der Waals surface area contributed by atoms with Crippen molar-refractivity contribution in [3.05, 3.63) is 53.9 Å². The SMILES string of the molecule is C=C1C=C(COc2cc(F)cc(F)c2)NN1. The van der Waals surface area contributed by atoms with Crippen molar-refractivity contribution >= 4 is 0 Å². The molecule has 0 atom stereocenters. The summed E-state index contributed by atoms with van der Waals surface area (Å²) < 4.78 is 30.8. The molecule has 1 heterocycles. The molecule has 2 rings (SSSR count). The predicted molar refractivity (Wildman–Crippen MR) is 55.3 cm³/mol. The van der Waals surface area contributed by atoms with Crippen molar-refractivity contribution in [3.63, 3.8) is 0 Å². The van der Waals surface area contributed by atoms with E-state index >= 15 is 0 Å². The van der Waals surface area contributed by atoms with Gasteiger partial charge in [-0.2, -0.15) is 0 Å². The van der Waals surface area contributed by atoms with Crippen LogP contribution in [0, 0.1) is 11.6 Å². The van der Waals surface area contributed by atoms with Crippen molar-refractivity contribution < 1.29 is 13.5 Å². The molecule has 1 aliphatic heterocycles. The molecule has 84 valence electrons. The molecule has 1 aromatic carbocycles. The van der Waals surface area contributed by atoms with Gasteiger partial charge in [0.25, 0.3) is 0 Å². The number of rotatable bonds is 3. The summed E-state index contributed by atoms with van der Waals surface area (Å²) in [7, 11) is 0. The van der Waals surface area contributed by atoms with Crippen LogP contribution in [0.4, 0.5) is 8.78 Å². The van der Waals surface area contributed by atoms with Crippen LogP contribution in [0.2, 0.25) is 0 Å². The molecule has 0 aliphatic carbocycles. The van der Waals surface area contributed by atoms with Gasteiger partial charge in [-0.25, -0.2) is 8.78 Å². The molecule has 0 spiro atoms. The lowest BCUT2D eigenvalue weighted by atomic mass is 10.3. The van der Waals surface area contributed by atoms with Gasteiger partial charge in [0, 0.05) is 23.9 Å². The van der Waals surface area contributed by atoms with E-state index in [4.69, 9.17) is 4.74 Å². The van der Waals surface area contributed by atoms with Gasteiger partial charge in [0.1, 0.15) is 24.0 Å². The number of nitrogens with one attached hydrogen (secondary N) is 2. The van der Waals surface area contributed by atoms with Gasteiger partial charge in [0.05, 0.1) is 5.70 Å². The van der Waals surface area contributed by atoms with Crippen LogP contribution in [0.15, 0.2) is 42.2 Å². The van der Waals surface area contributed by atoms with E-state index in [1.165, 1.54) is 0 Å². The first-order valence-corrected chi connectivity index (χ1v) is 4.64. The molecule has 0 fully saturated rings. The molecule has 1 aromatic rings. The zero-order valence-electron chi connectivity index (χ0n) is 8.39. The lowest BCUT2D eigenvalue weighted by Gasteiger charge is -2.07. The van der Waals surface area contributed by atoms with E-state index in [0.29, 0.717) is 5.70 Å². The van der Waals surface area contributed by atoms with Crippen LogP contribution in [0.3, 0.4) is 0 Å². The number of ether oxygens (including phenoxy) is 1. The largest absolute Gasteiger partial charge is 0.487 e. The minimum absolute atomic E-state index is 0.151. The Kier molecular flexibility index (Phi) is 2.76. The van der Waals surface area contributed by atoms with Gasteiger partial charge in [0.15, 0.2) is 0 Å². The first-order chi connectivity index (χ1) is 7.63. The Hall–Kier alpha value is -2.04. The number of allylic oxidation sites excluding steroid dienone is 1. The van der Waals surface area contributed by atoms with Crippen molar-refractivity contribution in [1.29, 1.82) is 0 Å². The Morgan fingerprint density at radius 2 is 1.81 bits per heavy atom. The molecule has 3 nitrogen and oxygen atoms in total. The first-order valence-electron chi connectivity index (χ1n) is 4.64. The number of benzene rings is 1. The molecular weight excluding hydrogens is 214 g/mol. The summed E-state index contributed by atoms with van der Waals surface area (Å²) in [4.78, 5) is 0. The van der Waals surface area contributed by atoms with Crippen LogP contribution in [-0.4, -0.2) is 6.61 Å². The van der Waals surface area contributed by atoms with E-state index in [9.17, 15) is 8.78 Å². The summed E-state index contributed by atoms with van der Waals surface area (Å²) in [5.74, 6) is -1.17. The Balaban J connectivity index is 1.99. The lowest BCUT2D eigenvalue weighted by molar-refractivity contribution is 0.338. The maximum absolute atomic E-state index is 12.8. The highest BCUT2D eigenvalue weighted by Crippen LogP contribution is 2.16. The zero-order valence-corrected chi connectivity index (χ0v) is 8.39. The maximum Gasteiger partial charge on any atom is 0.130 e. The van der Waals surface area contributed by atoms with E-state index < -0.39 is 11.6 Å². The Morgan fingerprint density at radius 1 is 1.12 bits per heavy atom. The van der Waals surface area contributed by atoms with Crippen LogP contribution in [0.25, 0.3) is 0 Å². The highest BCUT2D eigenvalue weighted by molar-refractivity contribution is 5.27. The van der Waals surface area contributed by atoms with Crippen molar-refractivity contribution in [3.8, 4) is 5.75 Å². The molecule has 0 saturated heterocycles. The monoisotopic (exact) mass is 224 g/mol. The molecule has 0 unspecified atom stereocenters. The van der Waals surface area contributed by atoms with Crippen molar-refractivity contribution in [2.45, 2.75) is 0 Å². The van der Waals surface area contributed by atoms with E-state index in [1.54, 1.807) is 6.08 Å². The number of hydrogen-bond acceptors (Lipinski definition) is 3. The van der Waals surface area contributed by atoms with Crippen LogP contribution >= 0.6 is 0 Å². The molecule has 0 saturated carbocycles. The summed E-state index contributed by atoms with van der Waals surface area (Å²) in [5, 5.41) is 0. The molecule has 1 aliphatic rings. The number of hydrazine groups is 1. The van der Waals surface area contributed by atoms with Gasteiger partial charge >= 0.3 is 0 Å². The average molecular weight is 224 g/mol. The normalized spacial score (nSPS) is 14.1. The predicted octanol–water partition coefficient (Wildman–Crippen LogP) is 1.85. The fourth-order valence-corrected chi connectivity index (χ4v) is 1.29. The minimum atomic E-state index is -0.661. The summed E-state index contributed by atoms with van der Waals surface area (Å²) in [6.07, 6.45) is 1.75. The highest BCUT2D eigenvalue weighted by atomic mass is 19.1. The van der Waals surface area contributed by atoms with Crippen LogP contribution in [0.1, 0.15) is 0 Å². The lowest BCUT2D eigenvalue weighted by Crippen LogP contribution is -2.25. The number of hydrogen-bond donors (Lipinski definition) is 2. The Labute approximate surface area is 91.4 Å². The summed E-state index contributed by atoms with van der Waals surface area (Å²) >= 11 is 0. The second-order valence-corrected chi connectivity index (χ2v) is 3.34. The van der Waals surface area contributed by atoms with Crippen molar-refractivity contribution in [2.24, 2.45) is 0 Å². The fraction of sp³-hybridized carbons (Fsp3) is 0.0909. The molecular formula is C11H10F2N2O. The summed E-state index contributed by atoms with van der Waals surface area (Å²) in [5.41, 5.74) is 7.03. The van der Waals surface area contributed by atoms with Crippen molar-refractivity contribution in [1.82, 2.24) is 10.9 Å². The summed E-state index contributed by atoms with van der Waals surface area (Å²) in [6.45, 7) is 3.85. The fourth-order valence-electron chi connectivity index (χ4n) is 1.29. The Morgan fingerprint density at radius 3 is 2.38 bits per heavy atom. The minimum Gasteiger partial charge on any atom is -0.487 e. The molecule has 0 bridgehead atoms. The van der Waals surface area contributed by atoms with Gasteiger partial charge in [-0.15, -0.1) is 0 Å². The average Bonchev–Trinajstić information content (AvgIpc) is 2.60. The quantitative estimate of drug-likeness (QED) is 0.822. The number of halogens is 2. The zero-order chi connectivity index (χ0) is 11.5. The van der Waals surface area contributed by atoms with Gasteiger partial charge in [-0.1, -0.05) is 6.58 Å². The Bertz CT molecular complexity index is 437. The molecule has 5 heteroatoms. The first kappa shape index (κ1) is 10.5. The highest BCUT2D eigenvalue weighted by Gasteiger charge is 2.07. The molecule has 16 heavy (non-hydrogen) atoms. The van der Waals surface area contributed by atoms with E-state index in [1.807, 2.05) is 0 Å². The standard InChI is InChI=1S/C11H10F2N2O/c1-7-2-10(15-14-7)6-16-11-4-8(12)3-9(13)5-11/h2-5,14-15H,1,6H2. The van der Waals surface area contributed by atoms with Gasteiger partial charge in [-0.3, -0.25) is 0 Å². The topological polar surface area (TPSA) is 33.3 Å². The van der Waals surface area contributed by atoms with E-state index in [0.717, 1.165) is 23.9 Å². The third-order valence-corrected chi connectivity index (χ3v) is 1.96. The van der Waals surface area contributed by atoms with Crippen LogP contribution in [-0.2, 0) is 0 Å². The second kappa shape index (κ2) is 4.22. The molecule has 0 radical (unpaired) electrons. The third kappa shape index (κ3) is 2.50. The molecule has 2 N–H and O–H groups in total. The van der Waals surface area contributed by atoms with Gasteiger partial charge < -0.3 is 15.6 Å². The maximum atomic E-state index is 12.8. The van der Waals surface area contributed by atoms with Crippen LogP contribution < -0.4 is 15.6 Å². The van der Waals surface area contributed by atoms with Crippen molar-refractivity contribution in [2.75, 3.05) is 6.61 Å². The third-order valence-electron chi connectivity index (χ3n) is 1.96. The summed E-state index contributed by atoms with van der Waals surface area (Å²) in [6, 6.07) is 3.05. The van der Waals surface area contributed by atoms with Crippen LogP contribution in [0.5, 0.6) is 5.75 Å². The second-order valence-electron chi connectivity index (χ2n) is 3.34. The van der Waals surface area contributed by atoms with Gasteiger partial charge in [-0.05, 0) is 6.08 Å². The van der Waals surface area contributed by atoms with E-state index in [2.05, 4.69) is 17.4 Å². The molecule has 0 aromatic heterocycles.